The number of nitrogens with one attached hydrogen (secondary N) is 1. The van der Waals surface area contributed by atoms with E-state index in [1.807, 2.05) is 50.2 Å². The highest BCUT2D eigenvalue weighted by Gasteiger charge is 2.14. The molecule has 1 aromatic heterocycles. The second-order valence-electron chi connectivity index (χ2n) is 6.36. The molecule has 134 valence electrons. The lowest BCUT2D eigenvalue weighted by atomic mass is 10.1. The summed E-state index contributed by atoms with van der Waals surface area (Å²) in [6, 6.07) is 13.5. The van der Waals surface area contributed by atoms with Crippen LogP contribution in [0.5, 0.6) is 0 Å². The molecule has 0 aliphatic heterocycles. The first-order chi connectivity index (χ1) is 12.4. The van der Waals surface area contributed by atoms with Crippen LogP contribution in [-0.4, -0.2) is 21.4 Å². The van der Waals surface area contributed by atoms with Crippen LogP contribution in [0.3, 0.4) is 0 Å². The number of carbonyl (C=O) groups excluding carboxylic acids is 1. The van der Waals surface area contributed by atoms with Crippen molar-refractivity contribution in [2.75, 3.05) is 5.32 Å². The highest BCUT2D eigenvalue weighted by Crippen LogP contribution is 2.25. The van der Waals surface area contributed by atoms with Gasteiger partial charge >= 0.3 is 6.01 Å². The number of rotatable bonds is 5. The van der Waals surface area contributed by atoms with E-state index < -0.39 is 0 Å². The van der Waals surface area contributed by atoms with Crippen LogP contribution in [0.15, 0.2) is 51.8 Å². The lowest BCUT2D eigenvalue weighted by Gasteiger charge is -2.06. The Morgan fingerprint density at radius 2 is 1.88 bits per heavy atom. The molecule has 0 spiro atoms. The van der Waals surface area contributed by atoms with Gasteiger partial charge in [-0.15, -0.1) is 16.9 Å². The van der Waals surface area contributed by atoms with Crippen molar-refractivity contribution in [1.29, 1.82) is 0 Å². The topological polar surface area (TPSA) is 68.0 Å². The van der Waals surface area contributed by atoms with E-state index in [1.54, 1.807) is 17.8 Å². The van der Waals surface area contributed by atoms with Crippen LogP contribution in [0, 0.1) is 13.8 Å². The fraction of sp³-hybridized carbons (Fsp3) is 0.250. The summed E-state index contributed by atoms with van der Waals surface area (Å²) in [5.41, 5.74) is 3.73. The average molecular weight is 367 g/mol. The molecule has 2 aromatic carbocycles. The minimum Gasteiger partial charge on any atom is -0.403 e. The molecule has 1 N–H and O–H groups in total. The maximum atomic E-state index is 12.4. The highest BCUT2D eigenvalue weighted by molar-refractivity contribution is 7.99. The number of amides is 1. The van der Waals surface area contributed by atoms with E-state index in [1.165, 1.54) is 5.56 Å². The third kappa shape index (κ3) is 4.32. The first kappa shape index (κ1) is 18.2. The summed E-state index contributed by atoms with van der Waals surface area (Å²) in [5, 5.41) is 11.1. The van der Waals surface area contributed by atoms with Gasteiger partial charge in [-0.2, -0.15) is 0 Å². The van der Waals surface area contributed by atoms with Gasteiger partial charge in [0.1, 0.15) is 0 Å². The molecule has 0 aliphatic carbocycles. The largest absolute Gasteiger partial charge is 0.403 e. The lowest BCUT2D eigenvalue weighted by Crippen LogP contribution is -2.12. The van der Waals surface area contributed by atoms with Crippen molar-refractivity contribution in [3.63, 3.8) is 0 Å². The molecule has 1 amide bonds. The van der Waals surface area contributed by atoms with Crippen LogP contribution in [0.4, 0.5) is 6.01 Å². The van der Waals surface area contributed by atoms with Crippen molar-refractivity contribution < 1.29 is 9.21 Å². The van der Waals surface area contributed by atoms with Crippen molar-refractivity contribution in [1.82, 2.24) is 10.2 Å². The summed E-state index contributed by atoms with van der Waals surface area (Å²) in [7, 11) is 0. The van der Waals surface area contributed by atoms with Gasteiger partial charge in [0.25, 0.3) is 5.91 Å². The predicted octanol–water partition coefficient (Wildman–Crippen LogP) is 5.11. The predicted molar refractivity (Wildman–Crippen MR) is 105 cm³/mol. The van der Waals surface area contributed by atoms with Gasteiger partial charge in [0.2, 0.25) is 5.89 Å². The van der Waals surface area contributed by atoms with Gasteiger partial charge in [-0.3, -0.25) is 10.1 Å². The zero-order chi connectivity index (χ0) is 18.7. The van der Waals surface area contributed by atoms with Gasteiger partial charge < -0.3 is 4.42 Å². The molecule has 0 unspecified atom stereocenters. The number of aromatic nitrogens is 2. The second kappa shape index (κ2) is 7.74. The highest BCUT2D eigenvalue weighted by atomic mass is 32.2. The number of hydrogen-bond acceptors (Lipinski definition) is 5. The number of carbonyl (C=O) groups is 1. The number of nitrogens with zero attached hydrogens (tertiary/aromatic N) is 2. The van der Waals surface area contributed by atoms with Crippen LogP contribution >= 0.6 is 11.8 Å². The molecule has 5 nitrogen and oxygen atoms in total. The summed E-state index contributed by atoms with van der Waals surface area (Å²) in [5.74, 6) is 0.110. The first-order valence-electron chi connectivity index (χ1n) is 8.41. The Balaban J connectivity index is 1.74. The molecule has 26 heavy (non-hydrogen) atoms. The molecule has 0 saturated carbocycles. The van der Waals surface area contributed by atoms with Gasteiger partial charge in [-0.25, -0.2) is 0 Å². The van der Waals surface area contributed by atoms with Crippen LogP contribution in [0.2, 0.25) is 0 Å². The molecule has 0 atom stereocenters. The number of hydrogen-bond donors (Lipinski definition) is 1. The molecule has 6 heteroatoms. The summed E-state index contributed by atoms with van der Waals surface area (Å²) in [6.45, 7) is 8.30. The third-order valence-electron chi connectivity index (χ3n) is 3.87. The lowest BCUT2D eigenvalue weighted by molar-refractivity contribution is 0.102. The smallest absolute Gasteiger partial charge is 0.322 e. The third-order valence-corrected chi connectivity index (χ3v) is 4.86. The Morgan fingerprint density at radius 1 is 1.08 bits per heavy atom. The van der Waals surface area contributed by atoms with Gasteiger partial charge in [0, 0.05) is 21.3 Å². The van der Waals surface area contributed by atoms with Crippen molar-refractivity contribution >= 4 is 23.7 Å². The maximum absolute atomic E-state index is 12.4. The molecule has 1 heterocycles. The zero-order valence-corrected chi connectivity index (χ0v) is 16.1. The van der Waals surface area contributed by atoms with E-state index in [0.29, 0.717) is 16.7 Å². The second-order valence-corrected chi connectivity index (χ2v) is 8.01. The monoisotopic (exact) mass is 367 g/mol. The van der Waals surface area contributed by atoms with E-state index in [2.05, 4.69) is 29.4 Å². The Labute approximate surface area is 157 Å². The van der Waals surface area contributed by atoms with E-state index in [9.17, 15) is 4.79 Å². The SMILES string of the molecule is Cc1ccc(-c2nnc(NC(=O)c3cccc(SC(C)C)c3)o2)cc1C. The quantitative estimate of drug-likeness (QED) is 0.635. The minimum atomic E-state index is -0.272. The Kier molecular flexibility index (Phi) is 5.42. The van der Waals surface area contributed by atoms with Crippen molar-refractivity contribution in [2.45, 2.75) is 37.8 Å². The van der Waals surface area contributed by atoms with Gasteiger partial charge in [0.05, 0.1) is 0 Å². The van der Waals surface area contributed by atoms with Gasteiger partial charge in [0.15, 0.2) is 0 Å². The molecule has 0 bridgehead atoms. The summed E-state index contributed by atoms with van der Waals surface area (Å²) in [4.78, 5) is 13.5. The average Bonchev–Trinajstić information content (AvgIpc) is 3.05. The maximum Gasteiger partial charge on any atom is 0.322 e. The molecular weight excluding hydrogens is 346 g/mol. The number of thioether (sulfide) groups is 1. The summed E-state index contributed by atoms with van der Waals surface area (Å²) < 4.78 is 5.59. The molecule has 3 rings (SSSR count). The number of anilines is 1. The summed E-state index contributed by atoms with van der Waals surface area (Å²) >= 11 is 1.71. The van der Waals surface area contributed by atoms with E-state index in [4.69, 9.17) is 4.42 Å². The standard InChI is InChI=1S/C20H21N3O2S/c1-12(2)26-17-7-5-6-15(11-17)18(24)21-20-23-22-19(25-20)16-9-8-13(3)14(4)10-16/h5-12H,1-4H3,(H,21,23,24). The molecular formula is C20H21N3O2S. The zero-order valence-electron chi connectivity index (χ0n) is 15.2. The van der Waals surface area contributed by atoms with Crippen molar-refractivity contribution in [2.24, 2.45) is 0 Å². The number of aryl methyl sites for hydroxylation is 2. The Morgan fingerprint density at radius 3 is 2.62 bits per heavy atom. The fourth-order valence-corrected chi connectivity index (χ4v) is 3.31. The number of benzene rings is 2. The minimum absolute atomic E-state index is 0.0881. The molecule has 0 saturated heterocycles. The van der Waals surface area contributed by atoms with E-state index >= 15 is 0 Å². The van der Waals surface area contributed by atoms with Gasteiger partial charge in [-0.1, -0.05) is 31.1 Å². The van der Waals surface area contributed by atoms with Crippen LogP contribution in [0.1, 0.15) is 35.3 Å². The Bertz CT molecular complexity index is 934. The van der Waals surface area contributed by atoms with Gasteiger partial charge in [-0.05, 0) is 55.3 Å². The fourth-order valence-electron chi connectivity index (χ4n) is 2.42. The van der Waals surface area contributed by atoms with Crippen LogP contribution in [0.25, 0.3) is 11.5 Å². The molecule has 3 aromatic rings. The molecule has 0 aliphatic rings. The summed E-state index contributed by atoms with van der Waals surface area (Å²) in [6.07, 6.45) is 0. The first-order valence-corrected chi connectivity index (χ1v) is 9.29. The van der Waals surface area contributed by atoms with E-state index in [0.717, 1.165) is 16.0 Å². The van der Waals surface area contributed by atoms with Crippen LogP contribution in [-0.2, 0) is 0 Å². The molecule has 0 radical (unpaired) electrons. The normalized spacial score (nSPS) is 11.0. The van der Waals surface area contributed by atoms with E-state index in [-0.39, 0.29) is 11.9 Å². The van der Waals surface area contributed by atoms with Crippen molar-refractivity contribution in [3.8, 4) is 11.5 Å². The molecule has 0 fully saturated rings. The Hall–Kier alpha value is -2.60. The van der Waals surface area contributed by atoms with Crippen LogP contribution < -0.4 is 5.32 Å². The van der Waals surface area contributed by atoms with Crippen molar-refractivity contribution in [3.05, 3.63) is 59.2 Å².